The van der Waals surface area contributed by atoms with Crippen molar-refractivity contribution in [3.8, 4) is 0 Å². The first-order valence-corrected chi connectivity index (χ1v) is 6.57. The number of aromatic nitrogens is 1. The van der Waals surface area contributed by atoms with Crippen LogP contribution in [0.1, 0.15) is 30.3 Å². The second-order valence-corrected chi connectivity index (χ2v) is 6.34. The van der Waals surface area contributed by atoms with E-state index in [2.05, 4.69) is 37.9 Å². The summed E-state index contributed by atoms with van der Waals surface area (Å²) in [5, 5.41) is 0. The van der Waals surface area contributed by atoms with Crippen molar-refractivity contribution in [2.24, 2.45) is 0 Å². The van der Waals surface area contributed by atoms with Crippen LogP contribution in [-0.4, -0.2) is 17.1 Å². The molecule has 0 saturated carbocycles. The maximum Gasteiger partial charge on any atom is 0.144 e. The first kappa shape index (κ1) is 9.93. The van der Waals surface area contributed by atoms with E-state index in [0.29, 0.717) is 5.92 Å². The molecule has 0 radical (unpaired) electrons. The highest BCUT2D eigenvalue weighted by Gasteiger charge is 2.10. The second kappa shape index (κ2) is 3.71. The van der Waals surface area contributed by atoms with Crippen LogP contribution in [0, 0.1) is 6.92 Å². The highest BCUT2D eigenvalue weighted by atomic mass is 32.2. The van der Waals surface area contributed by atoms with E-state index in [0.717, 1.165) is 0 Å². The lowest BCUT2D eigenvalue weighted by molar-refractivity contribution is 0.814. The highest BCUT2D eigenvalue weighted by Crippen LogP contribution is 2.31. The van der Waals surface area contributed by atoms with E-state index in [4.69, 9.17) is 0 Å². The fourth-order valence-corrected chi connectivity index (χ4v) is 3.06. The maximum atomic E-state index is 4.58. The SMILES string of the molecule is C=S(C)c1nc(C(C)C)c(C)s1. The number of rotatable bonds is 2. The molecule has 1 aromatic heterocycles. The zero-order chi connectivity index (χ0) is 9.30. The van der Waals surface area contributed by atoms with Gasteiger partial charge in [-0.05, 0) is 19.1 Å². The monoisotopic (exact) mass is 201 g/mol. The molecule has 0 aliphatic carbocycles. The summed E-state index contributed by atoms with van der Waals surface area (Å²) in [6.45, 7) is 6.51. The van der Waals surface area contributed by atoms with Gasteiger partial charge in [-0.15, -0.1) is 21.8 Å². The van der Waals surface area contributed by atoms with E-state index < -0.39 is 0 Å². The predicted molar refractivity (Wildman–Crippen MR) is 59.8 cm³/mol. The van der Waals surface area contributed by atoms with Gasteiger partial charge >= 0.3 is 0 Å². The van der Waals surface area contributed by atoms with Gasteiger partial charge in [0.1, 0.15) is 4.34 Å². The topological polar surface area (TPSA) is 12.9 Å². The van der Waals surface area contributed by atoms with Gasteiger partial charge in [-0.2, -0.15) is 0 Å². The Balaban J connectivity index is 3.09. The van der Waals surface area contributed by atoms with Crippen molar-refractivity contribution < 1.29 is 0 Å². The van der Waals surface area contributed by atoms with Crippen LogP contribution in [0.15, 0.2) is 4.34 Å². The molecular formula is C9H15NS2. The zero-order valence-corrected chi connectivity index (χ0v) is 9.68. The van der Waals surface area contributed by atoms with E-state index in [-0.39, 0.29) is 10.5 Å². The van der Waals surface area contributed by atoms with Crippen LogP contribution in [0.5, 0.6) is 0 Å². The van der Waals surface area contributed by atoms with Crippen LogP contribution in [0.2, 0.25) is 0 Å². The Hall–Kier alpha value is -0.150. The summed E-state index contributed by atoms with van der Waals surface area (Å²) < 4.78 is 1.19. The summed E-state index contributed by atoms with van der Waals surface area (Å²) in [4.78, 5) is 5.93. The largest absolute Gasteiger partial charge is 0.235 e. The molecule has 0 amide bonds. The molecule has 0 aliphatic rings. The quantitative estimate of drug-likeness (QED) is 0.669. The molecule has 0 fully saturated rings. The molecule has 0 N–H and O–H groups in total. The third-order valence-corrected chi connectivity index (χ3v) is 4.23. The van der Waals surface area contributed by atoms with Gasteiger partial charge in [0.25, 0.3) is 0 Å². The third-order valence-electron chi connectivity index (χ3n) is 1.66. The molecule has 1 aromatic rings. The van der Waals surface area contributed by atoms with Crippen molar-refractivity contribution in [1.82, 2.24) is 4.98 Å². The number of aryl methyl sites for hydroxylation is 1. The van der Waals surface area contributed by atoms with Crippen LogP contribution in [-0.2, 0) is 0 Å². The van der Waals surface area contributed by atoms with Gasteiger partial charge < -0.3 is 0 Å². The van der Waals surface area contributed by atoms with Gasteiger partial charge in [0.15, 0.2) is 0 Å². The molecule has 0 spiro atoms. The van der Waals surface area contributed by atoms with E-state index in [1.165, 1.54) is 14.9 Å². The Morgan fingerprint density at radius 3 is 2.33 bits per heavy atom. The van der Waals surface area contributed by atoms with Crippen molar-refractivity contribution in [3.05, 3.63) is 10.6 Å². The van der Waals surface area contributed by atoms with Crippen molar-refractivity contribution in [2.45, 2.75) is 31.0 Å². The van der Waals surface area contributed by atoms with Crippen LogP contribution < -0.4 is 0 Å². The molecule has 1 rings (SSSR count). The van der Waals surface area contributed by atoms with Crippen molar-refractivity contribution >= 4 is 27.7 Å². The van der Waals surface area contributed by atoms with Crippen molar-refractivity contribution in [2.75, 3.05) is 6.26 Å². The first-order valence-electron chi connectivity index (χ1n) is 3.95. The minimum atomic E-state index is 0.0725. The minimum absolute atomic E-state index is 0.0725. The highest BCUT2D eigenvalue weighted by molar-refractivity contribution is 8.14. The lowest BCUT2D eigenvalue weighted by atomic mass is 10.1. The maximum absolute atomic E-state index is 4.58. The molecule has 1 unspecified atom stereocenters. The van der Waals surface area contributed by atoms with Crippen LogP contribution in [0.3, 0.4) is 0 Å². The minimum Gasteiger partial charge on any atom is -0.235 e. The molecule has 0 aromatic carbocycles. The molecule has 68 valence electrons. The van der Waals surface area contributed by atoms with Gasteiger partial charge in [-0.25, -0.2) is 4.98 Å². The Labute approximate surface area is 80.8 Å². The predicted octanol–water partition coefficient (Wildman–Crippen LogP) is 3.26. The fourth-order valence-electron chi connectivity index (χ4n) is 1.07. The van der Waals surface area contributed by atoms with Gasteiger partial charge in [0, 0.05) is 4.88 Å². The lowest BCUT2D eigenvalue weighted by Gasteiger charge is -1.99. The van der Waals surface area contributed by atoms with E-state index >= 15 is 0 Å². The average molecular weight is 201 g/mol. The van der Waals surface area contributed by atoms with Crippen molar-refractivity contribution in [1.29, 1.82) is 0 Å². The summed E-state index contributed by atoms with van der Waals surface area (Å²) in [5.74, 6) is 4.54. The molecule has 0 bridgehead atoms. The van der Waals surface area contributed by atoms with Crippen LogP contribution in [0.25, 0.3) is 0 Å². The lowest BCUT2D eigenvalue weighted by Crippen LogP contribution is -1.89. The standard InChI is InChI=1S/C9H15NS2/c1-6(2)8-7(3)11-9(10-8)12(4)5/h6H,4H2,1-3,5H3. The van der Waals surface area contributed by atoms with Crippen LogP contribution >= 0.6 is 21.8 Å². The molecular weight excluding hydrogens is 186 g/mol. The molecule has 0 aliphatic heterocycles. The van der Waals surface area contributed by atoms with Crippen LogP contribution in [0.4, 0.5) is 0 Å². The zero-order valence-electron chi connectivity index (χ0n) is 8.05. The summed E-state index contributed by atoms with van der Waals surface area (Å²) in [6.07, 6.45) is 2.11. The number of thiazole rings is 1. The molecule has 3 heteroatoms. The molecule has 1 nitrogen and oxygen atoms in total. The smallest absolute Gasteiger partial charge is 0.144 e. The Morgan fingerprint density at radius 2 is 2.08 bits per heavy atom. The van der Waals surface area contributed by atoms with E-state index in [1.807, 2.05) is 0 Å². The Morgan fingerprint density at radius 1 is 1.50 bits per heavy atom. The van der Waals surface area contributed by atoms with E-state index in [9.17, 15) is 0 Å². The normalized spacial score (nSPS) is 13.8. The van der Waals surface area contributed by atoms with E-state index in [1.54, 1.807) is 11.3 Å². The average Bonchev–Trinajstić information content (AvgIpc) is 2.30. The Kier molecular flexibility index (Phi) is 3.07. The number of hydrogen-bond donors (Lipinski definition) is 0. The summed E-state index contributed by atoms with van der Waals surface area (Å²) in [6, 6.07) is 0. The number of hydrogen-bond acceptors (Lipinski definition) is 2. The van der Waals surface area contributed by atoms with Crippen molar-refractivity contribution in [3.63, 3.8) is 0 Å². The van der Waals surface area contributed by atoms with Gasteiger partial charge in [0.05, 0.1) is 5.69 Å². The second-order valence-electron chi connectivity index (χ2n) is 3.21. The molecule has 12 heavy (non-hydrogen) atoms. The summed E-state index contributed by atoms with van der Waals surface area (Å²) in [7, 11) is 0.0725. The molecule has 0 saturated heterocycles. The fraction of sp³-hybridized carbons (Fsp3) is 0.556. The van der Waals surface area contributed by atoms with Gasteiger partial charge in [-0.1, -0.05) is 19.7 Å². The van der Waals surface area contributed by atoms with Gasteiger partial charge in [0.2, 0.25) is 0 Å². The molecule has 1 heterocycles. The summed E-state index contributed by atoms with van der Waals surface area (Å²) >= 11 is 1.79. The summed E-state index contributed by atoms with van der Waals surface area (Å²) in [5.41, 5.74) is 1.25. The number of nitrogens with zero attached hydrogens (tertiary/aromatic N) is 1. The molecule has 1 atom stereocenters. The van der Waals surface area contributed by atoms with Gasteiger partial charge in [-0.3, -0.25) is 0 Å². The Bertz CT molecular complexity index is 299. The third kappa shape index (κ3) is 1.96. The first-order chi connectivity index (χ1) is 5.52.